The molecule has 0 aliphatic rings. The number of phenolic OH excluding ortho intramolecular Hbond substituents is 1. The van der Waals surface area contributed by atoms with E-state index >= 15 is 0 Å². The lowest BCUT2D eigenvalue weighted by molar-refractivity contribution is 0.372. The first kappa shape index (κ1) is 17.2. The lowest BCUT2D eigenvalue weighted by Gasteiger charge is -2.06. The number of nitrogens with zero attached hydrogens (tertiary/aromatic N) is 4. The van der Waals surface area contributed by atoms with E-state index in [1.807, 2.05) is 25.1 Å². The van der Waals surface area contributed by atoms with E-state index in [9.17, 15) is 5.11 Å². The number of aromatic hydroxyl groups is 1. The number of hydrazone groups is 1. The van der Waals surface area contributed by atoms with Gasteiger partial charge in [0.2, 0.25) is 0 Å². The molecule has 0 radical (unpaired) electrons. The van der Waals surface area contributed by atoms with Crippen LogP contribution in [0.1, 0.15) is 11.1 Å². The summed E-state index contributed by atoms with van der Waals surface area (Å²) in [4.78, 5) is 7.64. The fourth-order valence-electron chi connectivity index (χ4n) is 2.72. The number of nitrogens with one attached hydrogen (secondary N) is 2. The Balaban J connectivity index is 1.59. The minimum Gasteiger partial charge on any atom is -0.503 e. The molecule has 0 saturated carbocycles. The van der Waals surface area contributed by atoms with Crippen LogP contribution in [0.3, 0.4) is 0 Å². The molecule has 2 heterocycles. The zero-order chi connectivity index (χ0) is 19.0. The highest BCUT2D eigenvalue weighted by atomic mass is 79.9. The van der Waals surface area contributed by atoms with Crippen molar-refractivity contribution >= 4 is 50.2 Å². The second-order valence-electron chi connectivity index (χ2n) is 5.93. The Morgan fingerprint density at radius 2 is 2.11 bits per heavy atom. The van der Waals surface area contributed by atoms with E-state index in [1.54, 1.807) is 18.3 Å². The molecule has 4 rings (SSSR count). The third-order valence-electron chi connectivity index (χ3n) is 4.02. The first-order chi connectivity index (χ1) is 13.0. The number of aromatic nitrogens is 4. The predicted octanol–water partition coefficient (Wildman–Crippen LogP) is 3.74. The molecule has 0 spiro atoms. The average molecular weight is 427 g/mol. The zero-order valence-corrected chi connectivity index (χ0v) is 16.1. The molecule has 0 fully saturated rings. The molecule has 2 aromatic carbocycles. The van der Waals surface area contributed by atoms with Gasteiger partial charge in [0, 0.05) is 10.9 Å². The van der Waals surface area contributed by atoms with Crippen LogP contribution in [-0.4, -0.2) is 38.6 Å². The van der Waals surface area contributed by atoms with E-state index in [2.05, 4.69) is 46.6 Å². The fourth-order valence-corrected chi connectivity index (χ4v) is 3.18. The molecule has 0 aliphatic heterocycles. The molecule has 0 atom stereocenters. The van der Waals surface area contributed by atoms with Crippen LogP contribution in [-0.2, 0) is 0 Å². The SMILES string of the molecule is COc1cc(/C=N/Nc2nnc3c(n2)[nH]c2ccc(C)cc23)cc(Br)c1O. The maximum atomic E-state index is 9.84. The molecule has 136 valence electrons. The molecule has 0 bridgehead atoms. The summed E-state index contributed by atoms with van der Waals surface area (Å²) in [6.07, 6.45) is 1.56. The predicted molar refractivity (Wildman–Crippen MR) is 108 cm³/mol. The van der Waals surface area contributed by atoms with Crippen molar-refractivity contribution in [3.63, 3.8) is 0 Å². The van der Waals surface area contributed by atoms with Crippen molar-refractivity contribution < 1.29 is 9.84 Å². The highest BCUT2D eigenvalue weighted by molar-refractivity contribution is 9.10. The largest absolute Gasteiger partial charge is 0.503 e. The van der Waals surface area contributed by atoms with Gasteiger partial charge >= 0.3 is 0 Å². The molecule has 9 heteroatoms. The van der Waals surface area contributed by atoms with Gasteiger partial charge in [0.15, 0.2) is 17.1 Å². The standard InChI is InChI=1S/C18H15BrN6O2/c1-9-3-4-13-11(5-9)15-17(21-13)22-18(25-23-15)24-20-8-10-6-12(19)16(26)14(7-10)27-2/h3-8,26H,1-2H3,(H2,21,22,24,25)/b20-8+. The van der Waals surface area contributed by atoms with Crippen LogP contribution in [0, 0.1) is 6.92 Å². The van der Waals surface area contributed by atoms with Crippen LogP contribution in [0.2, 0.25) is 0 Å². The summed E-state index contributed by atoms with van der Waals surface area (Å²) in [5.41, 5.74) is 6.94. The van der Waals surface area contributed by atoms with Crippen molar-refractivity contribution in [1.29, 1.82) is 0 Å². The molecule has 0 saturated heterocycles. The number of fused-ring (bicyclic) bond motifs is 3. The Labute approximate surface area is 162 Å². The summed E-state index contributed by atoms with van der Waals surface area (Å²) in [5.74, 6) is 0.653. The van der Waals surface area contributed by atoms with Crippen LogP contribution in [0.5, 0.6) is 11.5 Å². The third-order valence-corrected chi connectivity index (χ3v) is 4.62. The number of hydrogen-bond acceptors (Lipinski definition) is 7. The van der Waals surface area contributed by atoms with Crippen LogP contribution < -0.4 is 10.2 Å². The van der Waals surface area contributed by atoms with E-state index in [0.29, 0.717) is 15.9 Å². The van der Waals surface area contributed by atoms with Gasteiger partial charge in [-0.2, -0.15) is 10.1 Å². The summed E-state index contributed by atoms with van der Waals surface area (Å²) in [7, 11) is 1.48. The van der Waals surface area contributed by atoms with Gasteiger partial charge in [0.25, 0.3) is 5.95 Å². The van der Waals surface area contributed by atoms with Crippen molar-refractivity contribution in [2.24, 2.45) is 5.10 Å². The van der Waals surface area contributed by atoms with E-state index in [1.165, 1.54) is 7.11 Å². The van der Waals surface area contributed by atoms with E-state index in [4.69, 9.17) is 4.74 Å². The van der Waals surface area contributed by atoms with Crippen molar-refractivity contribution in [2.75, 3.05) is 12.5 Å². The lowest BCUT2D eigenvalue weighted by atomic mass is 10.2. The smallest absolute Gasteiger partial charge is 0.265 e. The summed E-state index contributed by atoms with van der Waals surface area (Å²) in [6, 6.07) is 9.44. The molecule has 0 unspecified atom stereocenters. The number of phenols is 1. The molecule has 8 nitrogen and oxygen atoms in total. The number of anilines is 1. The van der Waals surface area contributed by atoms with Gasteiger partial charge in [-0.05, 0) is 52.7 Å². The number of H-pyrrole nitrogens is 1. The number of rotatable bonds is 4. The Hall–Kier alpha value is -3.20. The summed E-state index contributed by atoms with van der Waals surface area (Å²) >= 11 is 3.27. The highest BCUT2D eigenvalue weighted by Crippen LogP contribution is 2.34. The monoisotopic (exact) mass is 426 g/mol. The summed E-state index contributed by atoms with van der Waals surface area (Å²) in [6.45, 7) is 2.03. The van der Waals surface area contributed by atoms with Gasteiger partial charge in [-0.1, -0.05) is 11.6 Å². The quantitative estimate of drug-likeness (QED) is 0.338. The molecule has 0 aliphatic carbocycles. The Morgan fingerprint density at radius 3 is 2.93 bits per heavy atom. The van der Waals surface area contributed by atoms with Gasteiger partial charge in [0.1, 0.15) is 5.52 Å². The molecular weight excluding hydrogens is 412 g/mol. The maximum absolute atomic E-state index is 9.84. The summed E-state index contributed by atoms with van der Waals surface area (Å²) < 4.78 is 5.63. The minimum absolute atomic E-state index is 0.0367. The molecule has 4 aromatic rings. The first-order valence-electron chi connectivity index (χ1n) is 8.03. The number of benzene rings is 2. The second kappa shape index (κ2) is 6.84. The van der Waals surface area contributed by atoms with Gasteiger partial charge in [-0.15, -0.1) is 10.2 Å². The normalized spacial score (nSPS) is 11.5. The molecule has 27 heavy (non-hydrogen) atoms. The number of hydrogen-bond donors (Lipinski definition) is 3. The van der Waals surface area contributed by atoms with Crippen LogP contribution in [0.15, 0.2) is 39.9 Å². The topological polar surface area (TPSA) is 108 Å². The van der Waals surface area contributed by atoms with E-state index in [0.717, 1.165) is 27.5 Å². The minimum atomic E-state index is 0.0367. The molecule has 0 amide bonds. The van der Waals surface area contributed by atoms with Crippen molar-refractivity contribution in [3.05, 3.63) is 45.9 Å². The average Bonchev–Trinajstić information content (AvgIpc) is 3.01. The fraction of sp³-hybridized carbons (Fsp3) is 0.111. The van der Waals surface area contributed by atoms with Crippen molar-refractivity contribution in [2.45, 2.75) is 6.92 Å². The van der Waals surface area contributed by atoms with Crippen LogP contribution in [0.25, 0.3) is 22.1 Å². The number of aryl methyl sites for hydroxylation is 1. The van der Waals surface area contributed by atoms with Crippen LogP contribution >= 0.6 is 15.9 Å². The number of aromatic amines is 1. The Bertz CT molecular complexity index is 1190. The highest BCUT2D eigenvalue weighted by Gasteiger charge is 2.09. The Morgan fingerprint density at radius 1 is 1.26 bits per heavy atom. The van der Waals surface area contributed by atoms with Gasteiger partial charge < -0.3 is 14.8 Å². The lowest BCUT2D eigenvalue weighted by Crippen LogP contribution is -1.99. The van der Waals surface area contributed by atoms with Crippen LogP contribution in [0.4, 0.5) is 5.95 Å². The van der Waals surface area contributed by atoms with Crippen molar-refractivity contribution in [1.82, 2.24) is 20.2 Å². The van der Waals surface area contributed by atoms with Gasteiger partial charge in [-0.25, -0.2) is 5.43 Å². The molecule has 3 N–H and O–H groups in total. The zero-order valence-electron chi connectivity index (χ0n) is 14.5. The van der Waals surface area contributed by atoms with Gasteiger partial charge in [0.05, 0.1) is 17.8 Å². The first-order valence-corrected chi connectivity index (χ1v) is 8.83. The Kier molecular flexibility index (Phi) is 4.36. The number of ether oxygens (including phenoxy) is 1. The van der Waals surface area contributed by atoms with Gasteiger partial charge in [-0.3, -0.25) is 0 Å². The van der Waals surface area contributed by atoms with Crippen molar-refractivity contribution in [3.8, 4) is 11.5 Å². The third kappa shape index (κ3) is 3.28. The van der Waals surface area contributed by atoms with E-state index in [-0.39, 0.29) is 11.7 Å². The number of methoxy groups -OCH3 is 1. The summed E-state index contributed by atoms with van der Waals surface area (Å²) in [5, 5.41) is 23.3. The molecular formula is C18H15BrN6O2. The number of halogens is 1. The molecule has 2 aromatic heterocycles. The maximum Gasteiger partial charge on any atom is 0.265 e. The second-order valence-corrected chi connectivity index (χ2v) is 6.78. The van der Waals surface area contributed by atoms with E-state index < -0.39 is 0 Å².